The van der Waals surface area contributed by atoms with Gasteiger partial charge in [0.25, 0.3) is 0 Å². The number of halogens is 1. The topological polar surface area (TPSA) is 18.5 Å². The number of likely N-dealkylation sites (N-methyl/N-ethyl adjacent to an activating group) is 1. The summed E-state index contributed by atoms with van der Waals surface area (Å²) in [6, 6.07) is 6.38. The summed E-state index contributed by atoms with van der Waals surface area (Å²) >= 11 is 0. The first-order chi connectivity index (χ1) is 10.0. The minimum Gasteiger partial charge on any atom is -0.313 e. The van der Waals surface area contributed by atoms with Crippen LogP contribution in [-0.2, 0) is 0 Å². The first kappa shape index (κ1) is 16.4. The lowest BCUT2D eigenvalue weighted by Crippen LogP contribution is -2.50. The molecule has 1 saturated heterocycles. The number of hydrogen-bond donors (Lipinski definition) is 1. The van der Waals surface area contributed by atoms with E-state index >= 15 is 0 Å². The molecule has 21 heavy (non-hydrogen) atoms. The Morgan fingerprint density at radius 3 is 2.76 bits per heavy atom. The van der Waals surface area contributed by atoms with Crippen molar-refractivity contribution in [2.75, 3.05) is 40.3 Å². The number of nitrogens with zero attached hydrogens (tertiary/aromatic N) is 2. The van der Waals surface area contributed by atoms with Crippen molar-refractivity contribution in [1.29, 1.82) is 0 Å². The third-order valence-corrected chi connectivity index (χ3v) is 4.62. The molecule has 2 rings (SSSR count). The van der Waals surface area contributed by atoms with Crippen LogP contribution in [0.1, 0.15) is 30.5 Å². The van der Waals surface area contributed by atoms with Crippen molar-refractivity contribution in [2.45, 2.75) is 32.4 Å². The van der Waals surface area contributed by atoms with E-state index < -0.39 is 0 Å². The summed E-state index contributed by atoms with van der Waals surface area (Å²) in [5.74, 6) is -0.110. The summed E-state index contributed by atoms with van der Waals surface area (Å²) < 4.78 is 13.7. The number of nitrogens with one attached hydrogen (secondary N) is 1. The Morgan fingerprint density at radius 1 is 1.38 bits per heavy atom. The molecule has 0 radical (unpaired) electrons. The lowest BCUT2D eigenvalue weighted by molar-refractivity contribution is 0.0963. The summed E-state index contributed by atoms with van der Waals surface area (Å²) in [6.07, 6.45) is 1.01. The van der Waals surface area contributed by atoms with E-state index in [1.54, 1.807) is 13.0 Å². The van der Waals surface area contributed by atoms with Crippen molar-refractivity contribution >= 4 is 0 Å². The standard InChI is InChI=1S/C17H28FN3/c1-13-5-6-15(11-16(13)18)17(19-3)7-8-21-10-9-20(4)12-14(21)2/h5-6,11,14,17,19H,7-10,12H2,1-4H3. The van der Waals surface area contributed by atoms with Gasteiger partial charge in [0.2, 0.25) is 0 Å². The third-order valence-electron chi connectivity index (χ3n) is 4.62. The van der Waals surface area contributed by atoms with Crippen LogP contribution in [0.5, 0.6) is 0 Å². The Labute approximate surface area is 128 Å². The molecule has 2 atom stereocenters. The van der Waals surface area contributed by atoms with E-state index in [-0.39, 0.29) is 11.9 Å². The van der Waals surface area contributed by atoms with Gasteiger partial charge in [-0.05, 0) is 51.6 Å². The van der Waals surface area contributed by atoms with Gasteiger partial charge in [0.15, 0.2) is 0 Å². The molecule has 1 aromatic carbocycles. The zero-order valence-corrected chi connectivity index (χ0v) is 13.7. The fraction of sp³-hybridized carbons (Fsp3) is 0.647. The first-order valence-corrected chi connectivity index (χ1v) is 7.87. The lowest BCUT2D eigenvalue weighted by Gasteiger charge is -2.38. The van der Waals surface area contributed by atoms with Crippen LogP contribution in [0.15, 0.2) is 18.2 Å². The highest BCUT2D eigenvalue weighted by molar-refractivity contribution is 5.25. The van der Waals surface area contributed by atoms with Gasteiger partial charge in [-0.1, -0.05) is 12.1 Å². The first-order valence-electron chi connectivity index (χ1n) is 7.87. The van der Waals surface area contributed by atoms with Crippen LogP contribution in [0.25, 0.3) is 0 Å². The molecule has 1 aliphatic heterocycles. The Hall–Kier alpha value is -0.970. The zero-order valence-electron chi connectivity index (χ0n) is 13.7. The van der Waals surface area contributed by atoms with Crippen LogP contribution < -0.4 is 5.32 Å². The highest BCUT2D eigenvalue weighted by atomic mass is 19.1. The fourth-order valence-electron chi connectivity index (χ4n) is 3.11. The van der Waals surface area contributed by atoms with Crippen LogP contribution in [-0.4, -0.2) is 56.1 Å². The zero-order chi connectivity index (χ0) is 15.4. The highest BCUT2D eigenvalue weighted by Crippen LogP contribution is 2.20. The lowest BCUT2D eigenvalue weighted by atomic mass is 10.0. The predicted molar refractivity (Wildman–Crippen MR) is 86.1 cm³/mol. The van der Waals surface area contributed by atoms with E-state index in [9.17, 15) is 4.39 Å². The Balaban J connectivity index is 1.94. The molecular formula is C17H28FN3. The molecule has 0 spiro atoms. The molecule has 0 aromatic heterocycles. The monoisotopic (exact) mass is 293 g/mol. The summed E-state index contributed by atoms with van der Waals surface area (Å²) in [5.41, 5.74) is 1.75. The van der Waals surface area contributed by atoms with Crippen LogP contribution in [0.2, 0.25) is 0 Å². The third kappa shape index (κ3) is 4.25. The van der Waals surface area contributed by atoms with E-state index in [1.807, 2.05) is 19.2 Å². The maximum atomic E-state index is 13.7. The molecule has 3 nitrogen and oxygen atoms in total. The van der Waals surface area contributed by atoms with Crippen molar-refractivity contribution < 1.29 is 4.39 Å². The second-order valence-corrected chi connectivity index (χ2v) is 6.29. The van der Waals surface area contributed by atoms with Crippen molar-refractivity contribution in [1.82, 2.24) is 15.1 Å². The molecule has 4 heteroatoms. The van der Waals surface area contributed by atoms with Gasteiger partial charge in [0.05, 0.1) is 0 Å². The van der Waals surface area contributed by atoms with E-state index in [1.165, 1.54) is 0 Å². The molecule has 118 valence electrons. The van der Waals surface area contributed by atoms with Crippen molar-refractivity contribution in [3.8, 4) is 0 Å². The van der Waals surface area contributed by atoms with Gasteiger partial charge >= 0.3 is 0 Å². The summed E-state index contributed by atoms with van der Waals surface area (Å²) in [7, 11) is 4.13. The molecule has 1 heterocycles. The molecule has 1 aromatic rings. The molecule has 1 N–H and O–H groups in total. The van der Waals surface area contributed by atoms with Crippen LogP contribution in [0.4, 0.5) is 4.39 Å². The number of aryl methyl sites for hydroxylation is 1. The van der Waals surface area contributed by atoms with Gasteiger partial charge in [0, 0.05) is 38.3 Å². The quantitative estimate of drug-likeness (QED) is 0.899. The van der Waals surface area contributed by atoms with Gasteiger partial charge in [-0.3, -0.25) is 4.90 Å². The van der Waals surface area contributed by atoms with E-state index in [4.69, 9.17) is 0 Å². The second-order valence-electron chi connectivity index (χ2n) is 6.29. The number of piperazine rings is 1. The van der Waals surface area contributed by atoms with Crippen molar-refractivity contribution in [3.63, 3.8) is 0 Å². The average molecular weight is 293 g/mol. The van der Waals surface area contributed by atoms with Crippen molar-refractivity contribution in [3.05, 3.63) is 35.1 Å². The Morgan fingerprint density at radius 2 is 2.14 bits per heavy atom. The maximum absolute atomic E-state index is 13.7. The molecule has 1 aliphatic rings. The molecule has 0 saturated carbocycles. The van der Waals surface area contributed by atoms with Gasteiger partial charge in [-0.15, -0.1) is 0 Å². The minimum atomic E-state index is -0.110. The summed E-state index contributed by atoms with van der Waals surface area (Å²) in [5, 5.41) is 3.32. The largest absolute Gasteiger partial charge is 0.313 e. The summed E-state index contributed by atoms with van der Waals surface area (Å²) in [4.78, 5) is 4.92. The second kappa shape index (κ2) is 7.34. The number of benzene rings is 1. The summed E-state index contributed by atoms with van der Waals surface area (Å²) in [6.45, 7) is 8.53. The minimum absolute atomic E-state index is 0.110. The molecule has 0 amide bonds. The van der Waals surface area contributed by atoms with Crippen LogP contribution in [0.3, 0.4) is 0 Å². The Kier molecular flexibility index (Phi) is 5.73. The van der Waals surface area contributed by atoms with Crippen LogP contribution >= 0.6 is 0 Å². The van der Waals surface area contributed by atoms with E-state index in [0.717, 1.165) is 38.2 Å². The van der Waals surface area contributed by atoms with Gasteiger partial charge in [0.1, 0.15) is 5.82 Å². The van der Waals surface area contributed by atoms with Gasteiger partial charge in [-0.25, -0.2) is 4.39 Å². The molecule has 0 bridgehead atoms. The highest BCUT2D eigenvalue weighted by Gasteiger charge is 2.22. The normalized spacial score (nSPS) is 22.4. The van der Waals surface area contributed by atoms with Gasteiger partial charge in [-0.2, -0.15) is 0 Å². The Bertz CT molecular complexity index is 463. The number of rotatable bonds is 5. The number of hydrogen-bond acceptors (Lipinski definition) is 3. The fourth-order valence-corrected chi connectivity index (χ4v) is 3.11. The molecule has 2 unspecified atom stereocenters. The maximum Gasteiger partial charge on any atom is 0.126 e. The van der Waals surface area contributed by atoms with E-state index in [0.29, 0.717) is 11.6 Å². The molecule has 0 aliphatic carbocycles. The predicted octanol–water partition coefficient (Wildman–Crippen LogP) is 2.42. The molecule has 1 fully saturated rings. The van der Waals surface area contributed by atoms with Crippen LogP contribution in [0, 0.1) is 12.7 Å². The SMILES string of the molecule is CNC(CCN1CCN(C)CC1C)c1ccc(C)c(F)c1. The molecular weight excluding hydrogens is 265 g/mol. The van der Waals surface area contributed by atoms with Crippen molar-refractivity contribution in [2.24, 2.45) is 0 Å². The smallest absolute Gasteiger partial charge is 0.126 e. The van der Waals surface area contributed by atoms with Gasteiger partial charge < -0.3 is 10.2 Å². The van der Waals surface area contributed by atoms with E-state index in [2.05, 4.69) is 29.1 Å². The average Bonchev–Trinajstić information content (AvgIpc) is 2.45.